The van der Waals surface area contributed by atoms with Gasteiger partial charge in [-0.3, -0.25) is 0 Å². The van der Waals surface area contributed by atoms with Gasteiger partial charge in [-0.05, 0) is 27.7 Å². The summed E-state index contributed by atoms with van der Waals surface area (Å²) < 4.78 is 0. The maximum absolute atomic E-state index is 6.50. The molecule has 0 aromatic carbocycles. The van der Waals surface area contributed by atoms with E-state index in [0.29, 0.717) is 11.4 Å². The molecule has 0 atom stereocenters. The van der Waals surface area contributed by atoms with E-state index in [1.807, 2.05) is 0 Å². The summed E-state index contributed by atoms with van der Waals surface area (Å²) in [5.74, 6) is 0. The summed E-state index contributed by atoms with van der Waals surface area (Å²) in [4.78, 5) is 0. The Morgan fingerprint density at radius 3 is 0.727 bits per heavy atom. The average molecular weight is 294 g/mol. The number of nitrogens with one attached hydrogen (secondary N) is 2. The van der Waals surface area contributed by atoms with Gasteiger partial charge in [0.2, 0.25) is 0 Å². The molecule has 0 heterocycles. The Hall–Kier alpha value is 0.582. The molecule has 5 heteroatoms. The Labute approximate surface area is 95.0 Å². The van der Waals surface area contributed by atoms with Gasteiger partial charge in [0.05, 0.1) is 0 Å². The van der Waals surface area contributed by atoms with Gasteiger partial charge >= 0.3 is 0 Å². The van der Waals surface area contributed by atoms with E-state index in [1.165, 1.54) is 0 Å². The summed E-state index contributed by atoms with van der Waals surface area (Å²) in [6, 6.07) is 0. The molecule has 0 aromatic rings. The van der Waals surface area contributed by atoms with Crippen molar-refractivity contribution < 1.29 is 20.4 Å². The van der Waals surface area contributed by atoms with Crippen LogP contribution in [0.5, 0.6) is 0 Å². The van der Waals surface area contributed by atoms with Gasteiger partial charge in [-0.2, -0.15) is 0 Å². The van der Waals surface area contributed by atoms with Crippen LogP contribution in [0.15, 0.2) is 0 Å². The van der Waals surface area contributed by atoms with Crippen LogP contribution in [0, 0.1) is 10.8 Å². The molecule has 0 aliphatic carbocycles. The summed E-state index contributed by atoms with van der Waals surface area (Å²) in [5.41, 5.74) is 1.33. The van der Waals surface area contributed by atoms with Gasteiger partial charge in [-0.1, -0.05) is 0 Å². The molecule has 0 unspecified atom stereocenters. The monoisotopic (exact) mass is 292 g/mol. The van der Waals surface area contributed by atoms with E-state index in [-0.39, 0.29) is 45.2 Å². The molecule has 0 spiro atoms. The maximum atomic E-state index is 6.50. The van der Waals surface area contributed by atoms with E-state index >= 15 is 0 Å². The standard InChI is InChI=1S/2C3H7N.2ClH.Pd/c2*1-3(2)4;;;/h2*4H,1-2H3;2*1H;. The molecule has 0 radical (unpaired) electrons. The van der Waals surface area contributed by atoms with Gasteiger partial charge in [-0.15, -0.1) is 24.8 Å². The van der Waals surface area contributed by atoms with Crippen molar-refractivity contribution in [2.75, 3.05) is 0 Å². The molecule has 0 bridgehead atoms. The van der Waals surface area contributed by atoms with Crippen LogP contribution in [0.25, 0.3) is 0 Å². The van der Waals surface area contributed by atoms with Gasteiger partial charge in [0, 0.05) is 31.8 Å². The summed E-state index contributed by atoms with van der Waals surface area (Å²) in [6.45, 7) is 7.00. The molecule has 0 aliphatic heterocycles. The molecule has 0 aromatic heterocycles. The molecule has 0 saturated carbocycles. The quantitative estimate of drug-likeness (QED) is 0.510. The molecular weight excluding hydrogens is 277 g/mol. The van der Waals surface area contributed by atoms with Crippen LogP contribution in [0.3, 0.4) is 0 Å². The fraction of sp³-hybridized carbons (Fsp3) is 0.667. The zero-order chi connectivity index (χ0) is 7.15. The Morgan fingerprint density at radius 2 is 0.727 bits per heavy atom. The maximum Gasteiger partial charge on any atom is 0.00272 e. The molecule has 2 N–H and O–H groups in total. The first-order chi connectivity index (χ1) is 3.46. The first-order valence-electron chi connectivity index (χ1n) is 2.50. The van der Waals surface area contributed by atoms with E-state index in [1.54, 1.807) is 27.7 Å². The van der Waals surface area contributed by atoms with Crippen LogP contribution in [-0.2, 0) is 20.4 Å². The van der Waals surface area contributed by atoms with E-state index < -0.39 is 0 Å². The average Bonchev–Trinajstić information content (AvgIpc) is 1.25. The molecule has 0 amide bonds. The predicted octanol–water partition coefficient (Wildman–Crippen LogP) is 2.93. The largest absolute Gasteiger partial charge is 0.310 e. The first-order valence-corrected chi connectivity index (χ1v) is 2.50. The van der Waals surface area contributed by atoms with Crippen LogP contribution >= 0.6 is 24.8 Å². The SMILES string of the molecule is CC(C)=N.CC(C)=N.Cl.Cl.[Pd]. The van der Waals surface area contributed by atoms with Crippen LogP contribution < -0.4 is 0 Å². The number of hydrogen-bond donors (Lipinski definition) is 2. The third-order valence-electron chi connectivity index (χ3n) is 0. The van der Waals surface area contributed by atoms with Crippen molar-refractivity contribution in [2.45, 2.75) is 27.7 Å². The second kappa shape index (κ2) is 22.4. The van der Waals surface area contributed by atoms with Gasteiger partial charge in [0.15, 0.2) is 0 Å². The summed E-state index contributed by atoms with van der Waals surface area (Å²) in [5, 5.41) is 13.0. The fourth-order valence-corrected chi connectivity index (χ4v) is 0. The van der Waals surface area contributed by atoms with Crippen molar-refractivity contribution in [2.24, 2.45) is 0 Å². The number of hydrogen-bond acceptors (Lipinski definition) is 2. The minimum Gasteiger partial charge on any atom is -0.310 e. The topological polar surface area (TPSA) is 47.7 Å². The Balaban J connectivity index is -0.0000000171. The molecule has 0 saturated heterocycles. The zero-order valence-corrected chi connectivity index (χ0v) is 10.3. The van der Waals surface area contributed by atoms with Crippen molar-refractivity contribution >= 4 is 36.2 Å². The van der Waals surface area contributed by atoms with Crippen molar-refractivity contribution in [1.82, 2.24) is 0 Å². The van der Waals surface area contributed by atoms with E-state index in [9.17, 15) is 0 Å². The normalized spacial score (nSPS) is 4.73. The molecule has 74 valence electrons. The van der Waals surface area contributed by atoms with Gasteiger partial charge < -0.3 is 10.8 Å². The molecule has 2 nitrogen and oxygen atoms in total. The van der Waals surface area contributed by atoms with Crippen LogP contribution in [0.4, 0.5) is 0 Å². The van der Waals surface area contributed by atoms with Gasteiger partial charge in [-0.25, -0.2) is 0 Å². The number of rotatable bonds is 0. The molecule has 11 heavy (non-hydrogen) atoms. The molecule has 0 fully saturated rings. The van der Waals surface area contributed by atoms with E-state index in [2.05, 4.69) is 0 Å². The van der Waals surface area contributed by atoms with Gasteiger partial charge in [0.25, 0.3) is 0 Å². The summed E-state index contributed by atoms with van der Waals surface area (Å²) in [7, 11) is 0. The predicted molar refractivity (Wildman–Crippen MR) is 52.6 cm³/mol. The molecule has 0 rings (SSSR count). The molecule has 0 aliphatic rings. The van der Waals surface area contributed by atoms with Gasteiger partial charge in [0.1, 0.15) is 0 Å². The minimum absolute atomic E-state index is 0. The third kappa shape index (κ3) is 2300. The fourth-order valence-electron chi connectivity index (χ4n) is 0. The van der Waals surface area contributed by atoms with Crippen LogP contribution in [0.1, 0.15) is 27.7 Å². The minimum atomic E-state index is 0. The summed E-state index contributed by atoms with van der Waals surface area (Å²) >= 11 is 0. The van der Waals surface area contributed by atoms with Crippen LogP contribution in [-0.4, -0.2) is 11.4 Å². The van der Waals surface area contributed by atoms with Crippen molar-refractivity contribution in [3.63, 3.8) is 0 Å². The van der Waals surface area contributed by atoms with Crippen molar-refractivity contribution in [1.29, 1.82) is 10.8 Å². The van der Waals surface area contributed by atoms with Crippen molar-refractivity contribution in [3.05, 3.63) is 0 Å². The van der Waals surface area contributed by atoms with Crippen molar-refractivity contribution in [3.8, 4) is 0 Å². The smallest absolute Gasteiger partial charge is 0.00272 e. The zero-order valence-electron chi connectivity index (χ0n) is 7.13. The Kier molecular flexibility index (Phi) is 61.0. The number of halogens is 2. The van der Waals surface area contributed by atoms with E-state index in [0.717, 1.165) is 0 Å². The van der Waals surface area contributed by atoms with Crippen LogP contribution in [0.2, 0.25) is 0 Å². The Bertz CT molecular complexity index is 76.6. The second-order valence-electron chi connectivity index (χ2n) is 2.00. The second-order valence-corrected chi connectivity index (χ2v) is 2.00. The Morgan fingerprint density at radius 1 is 0.727 bits per heavy atom. The first kappa shape index (κ1) is 29.9. The summed E-state index contributed by atoms with van der Waals surface area (Å²) in [6.07, 6.45) is 0. The molecular formula is C6H16Cl2N2Pd. The van der Waals surface area contributed by atoms with E-state index in [4.69, 9.17) is 10.8 Å². The third-order valence-corrected chi connectivity index (χ3v) is 0.